The second-order valence-corrected chi connectivity index (χ2v) is 13.0. The summed E-state index contributed by atoms with van der Waals surface area (Å²) in [6.07, 6.45) is 5.64. The van der Waals surface area contributed by atoms with Gasteiger partial charge in [0.1, 0.15) is 4.90 Å². The van der Waals surface area contributed by atoms with E-state index in [1.54, 1.807) is 0 Å². The molecule has 0 radical (unpaired) electrons. The zero-order valence-corrected chi connectivity index (χ0v) is 24.1. The van der Waals surface area contributed by atoms with Gasteiger partial charge in [-0.15, -0.1) is 0 Å². The molecular formula is C27H37Cl2N3O3S. The van der Waals surface area contributed by atoms with E-state index in [0.717, 1.165) is 67.8 Å². The molecule has 2 N–H and O–H groups in total. The lowest BCUT2D eigenvalue weighted by molar-refractivity contribution is 0.437. The van der Waals surface area contributed by atoms with Crippen molar-refractivity contribution in [3.63, 3.8) is 0 Å². The first-order chi connectivity index (χ1) is 16.9. The Morgan fingerprint density at radius 3 is 2.19 bits per heavy atom. The number of rotatable bonds is 5. The number of hydrogen-bond donors (Lipinski definition) is 2. The van der Waals surface area contributed by atoms with Crippen LogP contribution in [0.2, 0.25) is 10.0 Å². The van der Waals surface area contributed by atoms with Crippen molar-refractivity contribution in [2.24, 2.45) is 5.92 Å². The van der Waals surface area contributed by atoms with Crippen LogP contribution < -0.4 is 14.5 Å². The predicted octanol–water partition coefficient (Wildman–Crippen LogP) is 7.04. The molecule has 0 bridgehead atoms. The van der Waals surface area contributed by atoms with E-state index in [2.05, 4.69) is 35.3 Å². The summed E-state index contributed by atoms with van der Waals surface area (Å²) in [6, 6.07) is 2.92. The first-order valence-corrected chi connectivity index (χ1v) is 15.0. The summed E-state index contributed by atoms with van der Waals surface area (Å²) < 4.78 is 30.0. The molecule has 0 aliphatic carbocycles. The normalized spacial score (nSPS) is 19.6. The molecule has 4 rings (SSSR count). The number of anilines is 3. The minimum atomic E-state index is -4.17. The molecule has 2 fully saturated rings. The molecule has 1 unspecified atom stereocenters. The molecule has 2 aliphatic rings. The van der Waals surface area contributed by atoms with Gasteiger partial charge in [0, 0.05) is 42.1 Å². The molecule has 0 aromatic heterocycles. The molecule has 36 heavy (non-hydrogen) atoms. The van der Waals surface area contributed by atoms with Crippen LogP contribution in [0, 0.1) is 26.7 Å². The maximum absolute atomic E-state index is 13.6. The maximum Gasteiger partial charge on any atom is 0.265 e. The van der Waals surface area contributed by atoms with Gasteiger partial charge in [0.25, 0.3) is 10.0 Å². The second-order valence-electron chi connectivity index (χ2n) is 10.5. The van der Waals surface area contributed by atoms with Gasteiger partial charge >= 0.3 is 0 Å². The van der Waals surface area contributed by atoms with E-state index in [-0.39, 0.29) is 14.9 Å². The molecule has 0 spiro atoms. The van der Waals surface area contributed by atoms with Crippen LogP contribution in [0.4, 0.5) is 17.1 Å². The zero-order valence-electron chi connectivity index (χ0n) is 21.8. The predicted molar refractivity (Wildman–Crippen MR) is 151 cm³/mol. The van der Waals surface area contributed by atoms with Crippen molar-refractivity contribution in [1.29, 1.82) is 0 Å². The molecule has 198 valence electrons. The molecule has 2 aromatic rings. The Labute approximate surface area is 225 Å². The summed E-state index contributed by atoms with van der Waals surface area (Å²) in [6.45, 7) is 13.5. The summed E-state index contributed by atoms with van der Waals surface area (Å²) >= 11 is 12.1. The average Bonchev–Trinajstić information content (AvgIpc) is 2.81. The zero-order chi connectivity index (χ0) is 26.4. The highest BCUT2D eigenvalue weighted by atomic mass is 35.5. The van der Waals surface area contributed by atoms with Gasteiger partial charge in [-0.1, -0.05) is 30.1 Å². The Kier molecular flexibility index (Phi) is 7.94. The average molecular weight is 555 g/mol. The number of hydrogen-bond acceptors (Lipinski definition) is 5. The van der Waals surface area contributed by atoms with E-state index in [1.807, 2.05) is 13.8 Å². The van der Waals surface area contributed by atoms with Gasteiger partial charge in [-0.2, -0.15) is 0 Å². The topological polar surface area (TPSA) is 72.9 Å². The van der Waals surface area contributed by atoms with Crippen LogP contribution in [0.3, 0.4) is 0 Å². The summed E-state index contributed by atoms with van der Waals surface area (Å²) in [5, 5.41) is 10.5. The maximum atomic E-state index is 13.6. The van der Waals surface area contributed by atoms with Crippen LogP contribution in [0.5, 0.6) is 5.75 Å². The van der Waals surface area contributed by atoms with Gasteiger partial charge in [-0.25, -0.2) is 8.42 Å². The lowest BCUT2D eigenvalue weighted by Gasteiger charge is -2.41. The number of phenols is 1. The van der Waals surface area contributed by atoms with Crippen molar-refractivity contribution in [2.45, 2.75) is 77.7 Å². The minimum Gasteiger partial charge on any atom is -0.505 e. The van der Waals surface area contributed by atoms with Gasteiger partial charge in [-0.3, -0.25) is 4.72 Å². The number of nitrogens with zero attached hydrogens (tertiary/aromatic N) is 2. The van der Waals surface area contributed by atoms with Crippen molar-refractivity contribution in [1.82, 2.24) is 0 Å². The summed E-state index contributed by atoms with van der Waals surface area (Å²) in [5.41, 5.74) is 5.74. The van der Waals surface area contributed by atoms with Crippen molar-refractivity contribution < 1.29 is 13.5 Å². The second kappa shape index (κ2) is 10.5. The number of nitrogens with one attached hydrogen (secondary N) is 1. The Bertz CT molecular complexity index is 1260. The fraction of sp³-hybridized carbons (Fsp3) is 0.556. The van der Waals surface area contributed by atoms with E-state index >= 15 is 0 Å². The third-order valence-electron chi connectivity index (χ3n) is 7.88. The van der Waals surface area contributed by atoms with Crippen molar-refractivity contribution in [3.05, 3.63) is 38.9 Å². The van der Waals surface area contributed by atoms with Gasteiger partial charge in [0.15, 0.2) is 5.75 Å². The number of halogens is 2. The number of sulfonamides is 1. The van der Waals surface area contributed by atoms with E-state index in [1.165, 1.54) is 24.1 Å². The van der Waals surface area contributed by atoms with Gasteiger partial charge in [-0.05, 0) is 94.5 Å². The number of benzene rings is 2. The molecule has 2 aliphatic heterocycles. The summed E-state index contributed by atoms with van der Waals surface area (Å²) in [5.74, 6) is 0.175. The van der Waals surface area contributed by atoms with E-state index in [4.69, 9.17) is 23.2 Å². The molecular weight excluding hydrogens is 517 g/mol. The third kappa shape index (κ3) is 5.11. The minimum absolute atomic E-state index is 0.105. The van der Waals surface area contributed by atoms with Gasteiger partial charge in [0.2, 0.25) is 0 Å². The third-order valence-corrected chi connectivity index (χ3v) is 9.75. The van der Waals surface area contributed by atoms with E-state index in [9.17, 15) is 13.5 Å². The van der Waals surface area contributed by atoms with Gasteiger partial charge in [0.05, 0.1) is 10.7 Å². The summed E-state index contributed by atoms with van der Waals surface area (Å²) in [4.78, 5) is 4.52. The number of piperidine rings is 2. The quantitative estimate of drug-likeness (QED) is 0.415. The lowest BCUT2D eigenvalue weighted by atomic mass is 9.92. The molecule has 0 saturated carbocycles. The largest absolute Gasteiger partial charge is 0.505 e. The number of phenolic OH excluding ortho intramolecular Hbond substituents is 1. The first-order valence-electron chi connectivity index (χ1n) is 12.8. The standard InChI is InChI=1S/C27H37Cl2N3O3S/c1-16-9-12-31(13-10-16)25-18(3)24(19(4)26(20(25)5)32-11-7-6-8-17(32)2)30-36(34,35)23-15-21(28)14-22(29)27(23)33/h14-17,30,33H,6-13H2,1-5H3. The van der Waals surface area contributed by atoms with Crippen LogP contribution >= 0.6 is 23.2 Å². The van der Waals surface area contributed by atoms with E-state index in [0.29, 0.717) is 17.6 Å². The Morgan fingerprint density at radius 2 is 1.56 bits per heavy atom. The van der Waals surface area contributed by atoms with Crippen LogP contribution in [0.1, 0.15) is 62.6 Å². The molecule has 6 nitrogen and oxygen atoms in total. The van der Waals surface area contributed by atoms with Crippen LogP contribution in [0.15, 0.2) is 17.0 Å². The fourth-order valence-corrected chi connectivity index (χ4v) is 7.80. The number of aromatic hydroxyl groups is 1. The van der Waals surface area contributed by atoms with Crippen molar-refractivity contribution in [2.75, 3.05) is 34.2 Å². The SMILES string of the molecule is Cc1c(NS(=O)(=O)c2cc(Cl)cc(Cl)c2O)c(C)c(N2CCCCC2C)c(C)c1N1CCC(C)CC1. The molecule has 2 aromatic carbocycles. The molecule has 1 atom stereocenters. The van der Waals surface area contributed by atoms with Crippen LogP contribution in [0.25, 0.3) is 0 Å². The van der Waals surface area contributed by atoms with Crippen molar-refractivity contribution >= 4 is 50.3 Å². The van der Waals surface area contributed by atoms with Crippen molar-refractivity contribution in [3.8, 4) is 5.75 Å². The highest BCUT2D eigenvalue weighted by molar-refractivity contribution is 7.92. The molecule has 9 heteroatoms. The highest BCUT2D eigenvalue weighted by Gasteiger charge is 2.31. The van der Waals surface area contributed by atoms with Crippen LogP contribution in [-0.2, 0) is 10.0 Å². The Hall–Kier alpha value is -1.83. The van der Waals surface area contributed by atoms with Crippen LogP contribution in [-0.4, -0.2) is 39.2 Å². The Balaban J connectivity index is 1.89. The lowest BCUT2D eigenvalue weighted by Crippen LogP contribution is -2.39. The molecule has 2 saturated heterocycles. The van der Waals surface area contributed by atoms with Gasteiger partial charge < -0.3 is 14.9 Å². The highest BCUT2D eigenvalue weighted by Crippen LogP contribution is 2.45. The smallest absolute Gasteiger partial charge is 0.265 e. The fourth-order valence-electron chi connectivity index (χ4n) is 5.85. The first kappa shape index (κ1) is 27.2. The summed E-state index contributed by atoms with van der Waals surface area (Å²) in [7, 11) is -4.17. The molecule has 0 amide bonds. The van der Waals surface area contributed by atoms with E-state index < -0.39 is 15.8 Å². The monoisotopic (exact) mass is 553 g/mol. The Morgan fingerprint density at radius 1 is 0.917 bits per heavy atom. The molecule has 2 heterocycles.